The van der Waals surface area contributed by atoms with Crippen molar-refractivity contribution in [2.45, 2.75) is 13.8 Å². The number of benzene rings is 1. The van der Waals surface area contributed by atoms with Gasteiger partial charge in [0.05, 0.1) is 11.1 Å². The lowest BCUT2D eigenvalue weighted by atomic mass is 10.2. The second-order valence-electron chi connectivity index (χ2n) is 5.10. The quantitative estimate of drug-likeness (QED) is 0.755. The molecule has 0 aliphatic rings. The van der Waals surface area contributed by atoms with Crippen LogP contribution < -0.4 is 10.1 Å². The van der Waals surface area contributed by atoms with Crippen molar-refractivity contribution in [2.24, 2.45) is 0 Å². The second kappa shape index (κ2) is 6.70. The van der Waals surface area contributed by atoms with Crippen molar-refractivity contribution in [3.8, 4) is 5.88 Å². The molecule has 0 unspecified atom stereocenters. The lowest BCUT2D eigenvalue weighted by Crippen LogP contribution is -2.21. The maximum Gasteiger partial charge on any atom is 0.262 e. The molecule has 24 heavy (non-hydrogen) atoms. The number of nitrogens with one attached hydrogen (secondary N) is 1. The molecule has 124 valence electrons. The zero-order valence-electron chi connectivity index (χ0n) is 12.9. The van der Waals surface area contributed by atoms with Crippen molar-refractivity contribution in [1.82, 2.24) is 9.97 Å². The number of carbonyl (C=O) groups is 1. The molecule has 0 radical (unpaired) electrons. The van der Waals surface area contributed by atoms with Crippen LogP contribution in [0.2, 0.25) is 5.02 Å². The van der Waals surface area contributed by atoms with E-state index in [4.69, 9.17) is 16.3 Å². The van der Waals surface area contributed by atoms with E-state index in [1.54, 1.807) is 0 Å². The first kappa shape index (κ1) is 16.6. The minimum Gasteiger partial charge on any atom is -0.467 e. The average Bonchev–Trinajstić information content (AvgIpc) is 2.84. The Hall–Kier alpha value is -2.25. The van der Waals surface area contributed by atoms with Crippen LogP contribution >= 0.6 is 22.9 Å². The fourth-order valence-corrected chi connectivity index (χ4v) is 3.33. The molecule has 1 N–H and O–H groups in total. The first-order valence-corrected chi connectivity index (χ1v) is 8.23. The highest BCUT2D eigenvalue weighted by atomic mass is 35.5. The van der Waals surface area contributed by atoms with Gasteiger partial charge in [-0.05, 0) is 37.6 Å². The molecule has 8 heteroatoms. The van der Waals surface area contributed by atoms with Crippen LogP contribution in [0.15, 0.2) is 24.5 Å². The Bertz CT molecular complexity index is 929. The summed E-state index contributed by atoms with van der Waals surface area (Å²) in [5.41, 5.74) is 1.03. The van der Waals surface area contributed by atoms with Crippen molar-refractivity contribution in [2.75, 3.05) is 11.9 Å². The minimum absolute atomic E-state index is 0.00601. The predicted molar refractivity (Wildman–Crippen MR) is 92.4 cm³/mol. The number of anilines is 1. The zero-order valence-corrected chi connectivity index (χ0v) is 14.5. The van der Waals surface area contributed by atoms with Crippen LogP contribution in [0.3, 0.4) is 0 Å². The Morgan fingerprint density at radius 3 is 2.96 bits per heavy atom. The minimum atomic E-state index is -0.568. The molecule has 0 atom stereocenters. The van der Waals surface area contributed by atoms with Crippen molar-refractivity contribution < 1.29 is 13.9 Å². The average molecular weight is 366 g/mol. The van der Waals surface area contributed by atoms with Crippen molar-refractivity contribution in [3.05, 3.63) is 45.8 Å². The summed E-state index contributed by atoms with van der Waals surface area (Å²) in [7, 11) is 0. The molecule has 2 heterocycles. The van der Waals surface area contributed by atoms with E-state index in [2.05, 4.69) is 15.3 Å². The predicted octanol–water partition coefficient (Wildman–Crippen LogP) is 4.12. The van der Waals surface area contributed by atoms with E-state index in [0.29, 0.717) is 10.9 Å². The maximum atomic E-state index is 13.6. The standard InChI is InChI=1S/C16H13ClFN3O2S/c1-8-9(2)24-16-14(8)15(19-7-20-16)23-6-13(22)21-12-5-10(17)3-4-11(12)18/h3-5,7H,6H2,1-2H3,(H,21,22). The third-order valence-corrected chi connectivity index (χ3v) is 4.82. The summed E-state index contributed by atoms with van der Waals surface area (Å²) >= 11 is 7.33. The van der Waals surface area contributed by atoms with Crippen LogP contribution in [0.1, 0.15) is 10.4 Å². The molecule has 0 saturated carbocycles. The van der Waals surface area contributed by atoms with Crippen molar-refractivity contribution in [1.29, 1.82) is 0 Å². The molecule has 1 amide bonds. The Balaban J connectivity index is 1.74. The third-order valence-electron chi connectivity index (χ3n) is 3.47. The first-order valence-electron chi connectivity index (χ1n) is 7.04. The van der Waals surface area contributed by atoms with Gasteiger partial charge in [-0.25, -0.2) is 14.4 Å². The van der Waals surface area contributed by atoms with Crippen LogP contribution in [-0.2, 0) is 4.79 Å². The number of hydrogen-bond donors (Lipinski definition) is 1. The van der Waals surface area contributed by atoms with Crippen LogP contribution in [0.4, 0.5) is 10.1 Å². The van der Waals surface area contributed by atoms with E-state index in [0.717, 1.165) is 20.7 Å². The second-order valence-corrected chi connectivity index (χ2v) is 6.74. The Kier molecular flexibility index (Phi) is 4.64. The summed E-state index contributed by atoms with van der Waals surface area (Å²) in [6, 6.07) is 3.93. The Morgan fingerprint density at radius 2 is 2.17 bits per heavy atom. The number of halogens is 2. The van der Waals surface area contributed by atoms with Gasteiger partial charge in [0.15, 0.2) is 6.61 Å². The fourth-order valence-electron chi connectivity index (χ4n) is 2.17. The van der Waals surface area contributed by atoms with E-state index in [1.807, 2.05) is 13.8 Å². The number of hydrogen-bond acceptors (Lipinski definition) is 5. The molecular weight excluding hydrogens is 353 g/mol. The third kappa shape index (κ3) is 3.32. The molecule has 0 bridgehead atoms. The van der Waals surface area contributed by atoms with Crippen LogP contribution in [0, 0.1) is 19.7 Å². The molecule has 0 fully saturated rings. The topological polar surface area (TPSA) is 64.1 Å². The van der Waals surface area contributed by atoms with Crippen LogP contribution in [0.5, 0.6) is 5.88 Å². The highest BCUT2D eigenvalue weighted by Gasteiger charge is 2.15. The van der Waals surface area contributed by atoms with Crippen molar-refractivity contribution in [3.63, 3.8) is 0 Å². The first-order chi connectivity index (χ1) is 11.5. The summed E-state index contributed by atoms with van der Waals surface area (Å²) in [5.74, 6) is -0.738. The number of rotatable bonds is 4. The summed E-state index contributed by atoms with van der Waals surface area (Å²) in [4.78, 5) is 22.2. The molecule has 0 saturated heterocycles. The Morgan fingerprint density at radius 1 is 1.38 bits per heavy atom. The smallest absolute Gasteiger partial charge is 0.262 e. The zero-order chi connectivity index (χ0) is 17.3. The normalized spacial score (nSPS) is 10.8. The molecule has 5 nitrogen and oxygen atoms in total. The number of aryl methyl sites for hydroxylation is 2. The number of amides is 1. The van der Waals surface area contributed by atoms with Gasteiger partial charge in [-0.1, -0.05) is 11.6 Å². The largest absolute Gasteiger partial charge is 0.467 e. The van der Waals surface area contributed by atoms with E-state index in [-0.39, 0.29) is 12.3 Å². The number of carbonyl (C=O) groups excluding carboxylic acids is 1. The van der Waals surface area contributed by atoms with E-state index < -0.39 is 11.7 Å². The molecule has 3 rings (SSSR count). The van der Waals surface area contributed by atoms with Gasteiger partial charge in [0, 0.05) is 9.90 Å². The van der Waals surface area contributed by atoms with E-state index in [9.17, 15) is 9.18 Å². The molecule has 0 aliphatic heterocycles. The van der Waals surface area contributed by atoms with Gasteiger partial charge < -0.3 is 10.1 Å². The number of ether oxygens (including phenoxy) is 1. The van der Waals surface area contributed by atoms with Gasteiger partial charge in [0.2, 0.25) is 5.88 Å². The maximum absolute atomic E-state index is 13.6. The molecule has 1 aromatic carbocycles. The van der Waals surface area contributed by atoms with Crippen LogP contribution in [0.25, 0.3) is 10.2 Å². The lowest BCUT2D eigenvalue weighted by molar-refractivity contribution is -0.118. The summed E-state index contributed by atoms with van der Waals surface area (Å²) in [6.07, 6.45) is 1.39. The van der Waals surface area contributed by atoms with E-state index >= 15 is 0 Å². The monoisotopic (exact) mass is 365 g/mol. The molecule has 0 aliphatic carbocycles. The van der Waals surface area contributed by atoms with Gasteiger partial charge in [0.25, 0.3) is 5.91 Å². The number of thiophene rings is 1. The fraction of sp³-hybridized carbons (Fsp3) is 0.188. The highest BCUT2D eigenvalue weighted by molar-refractivity contribution is 7.18. The Labute approximate surface area is 146 Å². The van der Waals surface area contributed by atoms with Gasteiger partial charge in [-0.2, -0.15) is 0 Å². The van der Waals surface area contributed by atoms with Gasteiger partial charge in [0.1, 0.15) is 17.0 Å². The molecular formula is C16H13ClFN3O2S. The number of nitrogens with zero attached hydrogens (tertiary/aromatic N) is 2. The molecule has 0 spiro atoms. The van der Waals surface area contributed by atoms with Gasteiger partial charge in [-0.3, -0.25) is 4.79 Å². The molecule has 2 aromatic heterocycles. The number of aromatic nitrogens is 2. The molecule has 3 aromatic rings. The summed E-state index contributed by atoms with van der Waals surface area (Å²) in [6.45, 7) is 3.64. The summed E-state index contributed by atoms with van der Waals surface area (Å²) in [5, 5.41) is 3.55. The SMILES string of the molecule is Cc1sc2ncnc(OCC(=O)Nc3cc(Cl)ccc3F)c2c1C. The van der Waals surface area contributed by atoms with Crippen molar-refractivity contribution >= 4 is 44.7 Å². The highest BCUT2D eigenvalue weighted by Crippen LogP contribution is 2.33. The van der Waals surface area contributed by atoms with E-state index in [1.165, 1.54) is 35.9 Å². The van der Waals surface area contributed by atoms with Crippen LogP contribution in [-0.4, -0.2) is 22.5 Å². The summed E-state index contributed by atoms with van der Waals surface area (Å²) < 4.78 is 19.1. The lowest BCUT2D eigenvalue weighted by Gasteiger charge is -2.09. The number of fused-ring (bicyclic) bond motifs is 1. The van der Waals surface area contributed by atoms with Gasteiger partial charge >= 0.3 is 0 Å². The van der Waals surface area contributed by atoms with Gasteiger partial charge in [-0.15, -0.1) is 11.3 Å².